The zero-order valence-electron chi connectivity index (χ0n) is 13.6. The number of esters is 1. The van der Waals surface area contributed by atoms with Crippen LogP contribution in [0.2, 0.25) is 0 Å². The first-order valence-electron chi connectivity index (χ1n) is 7.49. The average Bonchev–Trinajstić information content (AvgIpc) is 2.83. The van der Waals surface area contributed by atoms with Crippen LogP contribution in [0.4, 0.5) is 4.39 Å². The fraction of sp³-hybridized carbons (Fsp3) is 0.167. The van der Waals surface area contributed by atoms with Gasteiger partial charge >= 0.3 is 5.97 Å². The van der Waals surface area contributed by atoms with Gasteiger partial charge in [0.05, 0.1) is 10.5 Å². The van der Waals surface area contributed by atoms with Gasteiger partial charge in [-0.05, 0) is 36.2 Å². The number of carbonyl (C=O) groups is 1. The Labute approximate surface area is 147 Å². The van der Waals surface area contributed by atoms with Gasteiger partial charge in [0.1, 0.15) is 11.9 Å². The van der Waals surface area contributed by atoms with E-state index in [1.54, 1.807) is 31.2 Å². The molecule has 0 saturated heterocycles. The molecule has 0 fully saturated rings. The Balaban J connectivity index is 2.16. The van der Waals surface area contributed by atoms with Crippen molar-refractivity contribution in [2.75, 3.05) is 6.26 Å². The minimum atomic E-state index is -3.31. The summed E-state index contributed by atoms with van der Waals surface area (Å²) in [5.41, 5.74) is 2.00. The Morgan fingerprint density at radius 3 is 2.24 bits per heavy atom. The highest BCUT2D eigenvalue weighted by molar-refractivity contribution is 7.90. The SMILES string of the molecule is CC1OC(=O)C(c2ccc(P)c(F)c2)=C1c1ccc(S(C)(=O)=O)cc1. The van der Waals surface area contributed by atoms with Crippen LogP contribution in [-0.4, -0.2) is 26.7 Å². The summed E-state index contributed by atoms with van der Waals surface area (Å²) in [6.07, 6.45) is 0.621. The Morgan fingerprint density at radius 1 is 1.08 bits per heavy atom. The van der Waals surface area contributed by atoms with Gasteiger partial charge in [0, 0.05) is 17.1 Å². The number of sulfone groups is 1. The number of benzene rings is 2. The number of ether oxygens (including phenoxy) is 1. The van der Waals surface area contributed by atoms with E-state index in [2.05, 4.69) is 9.24 Å². The summed E-state index contributed by atoms with van der Waals surface area (Å²) in [4.78, 5) is 12.5. The molecule has 25 heavy (non-hydrogen) atoms. The maximum absolute atomic E-state index is 13.9. The molecular formula is C18H16FO4PS. The summed E-state index contributed by atoms with van der Waals surface area (Å²) in [6, 6.07) is 10.7. The maximum atomic E-state index is 13.9. The molecule has 0 amide bonds. The fourth-order valence-electron chi connectivity index (χ4n) is 2.81. The van der Waals surface area contributed by atoms with Crippen LogP contribution in [0.5, 0.6) is 0 Å². The predicted molar refractivity (Wildman–Crippen MR) is 97.7 cm³/mol. The van der Waals surface area contributed by atoms with Crippen molar-refractivity contribution >= 4 is 41.5 Å². The Kier molecular flexibility index (Phi) is 4.52. The largest absolute Gasteiger partial charge is 0.454 e. The van der Waals surface area contributed by atoms with Gasteiger partial charge in [0.2, 0.25) is 0 Å². The summed E-state index contributed by atoms with van der Waals surface area (Å²) < 4.78 is 42.4. The highest BCUT2D eigenvalue weighted by Crippen LogP contribution is 2.37. The highest BCUT2D eigenvalue weighted by Gasteiger charge is 2.33. The van der Waals surface area contributed by atoms with E-state index >= 15 is 0 Å². The molecule has 2 aromatic carbocycles. The first-order chi connectivity index (χ1) is 11.7. The van der Waals surface area contributed by atoms with Gasteiger partial charge in [-0.2, -0.15) is 0 Å². The molecule has 0 N–H and O–H groups in total. The zero-order chi connectivity index (χ0) is 18.4. The van der Waals surface area contributed by atoms with E-state index in [0.717, 1.165) is 6.26 Å². The third-order valence-electron chi connectivity index (χ3n) is 4.05. The van der Waals surface area contributed by atoms with Gasteiger partial charge in [-0.3, -0.25) is 0 Å². The molecule has 1 aliphatic heterocycles. The van der Waals surface area contributed by atoms with E-state index in [0.29, 0.717) is 27.6 Å². The Bertz CT molecular complexity index is 994. The summed E-state index contributed by atoms with van der Waals surface area (Å²) in [5, 5.41) is 0.405. The van der Waals surface area contributed by atoms with Crippen LogP contribution in [-0.2, 0) is 19.4 Å². The van der Waals surface area contributed by atoms with Gasteiger partial charge in [0.15, 0.2) is 9.84 Å². The molecule has 2 aromatic rings. The quantitative estimate of drug-likeness (QED) is 0.609. The maximum Gasteiger partial charge on any atom is 0.339 e. The molecule has 4 nitrogen and oxygen atoms in total. The molecular weight excluding hydrogens is 362 g/mol. The molecule has 0 aromatic heterocycles. The van der Waals surface area contributed by atoms with Gasteiger partial charge in [0.25, 0.3) is 0 Å². The van der Waals surface area contributed by atoms with Crippen molar-refractivity contribution in [1.82, 2.24) is 0 Å². The Morgan fingerprint density at radius 2 is 1.68 bits per heavy atom. The number of carbonyl (C=O) groups excluding carboxylic acids is 1. The molecule has 2 atom stereocenters. The summed E-state index contributed by atoms with van der Waals surface area (Å²) in [7, 11) is -1.02. The lowest BCUT2D eigenvalue weighted by Crippen LogP contribution is -2.06. The Hall–Kier alpha value is -2.04. The van der Waals surface area contributed by atoms with E-state index in [-0.39, 0.29) is 4.90 Å². The summed E-state index contributed by atoms with van der Waals surface area (Å²) in [5.74, 6) is -0.959. The van der Waals surface area contributed by atoms with Crippen LogP contribution < -0.4 is 5.30 Å². The van der Waals surface area contributed by atoms with Crippen LogP contribution in [0, 0.1) is 5.82 Å². The number of hydrogen-bond acceptors (Lipinski definition) is 4. The minimum Gasteiger partial charge on any atom is -0.454 e. The van der Waals surface area contributed by atoms with Crippen molar-refractivity contribution in [3.05, 3.63) is 59.4 Å². The third-order valence-corrected chi connectivity index (χ3v) is 5.64. The third kappa shape index (κ3) is 3.37. The molecule has 2 unspecified atom stereocenters. The second kappa shape index (κ2) is 6.36. The van der Waals surface area contributed by atoms with Gasteiger partial charge in [-0.25, -0.2) is 17.6 Å². The first-order valence-corrected chi connectivity index (χ1v) is 9.96. The smallest absolute Gasteiger partial charge is 0.339 e. The van der Waals surface area contributed by atoms with Crippen LogP contribution in [0.15, 0.2) is 47.4 Å². The second-order valence-electron chi connectivity index (χ2n) is 5.87. The van der Waals surface area contributed by atoms with Crippen LogP contribution in [0.1, 0.15) is 18.1 Å². The lowest BCUT2D eigenvalue weighted by Gasteiger charge is -2.10. The highest BCUT2D eigenvalue weighted by atomic mass is 32.2. The van der Waals surface area contributed by atoms with Crippen LogP contribution in [0.25, 0.3) is 11.1 Å². The number of halogens is 1. The zero-order valence-corrected chi connectivity index (χ0v) is 15.6. The van der Waals surface area contributed by atoms with E-state index < -0.39 is 27.7 Å². The molecule has 0 aliphatic carbocycles. The van der Waals surface area contributed by atoms with Crippen LogP contribution in [0.3, 0.4) is 0 Å². The van der Waals surface area contributed by atoms with Crippen molar-refractivity contribution in [2.24, 2.45) is 0 Å². The molecule has 7 heteroatoms. The van der Waals surface area contributed by atoms with Gasteiger partial charge in [-0.1, -0.05) is 24.3 Å². The van der Waals surface area contributed by atoms with Gasteiger partial charge < -0.3 is 4.74 Å². The molecule has 0 saturated carbocycles. The second-order valence-corrected chi connectivity index (χ2v) is 8.51. The fourth-order valence-corrected chi connectivity index (χ4v) is 3.62. The molecule has 1 heterocycles. The molecule has 3 rings (SSSR count). The molecule has 1 aliphatic rings. The molecule has 130 valence electrons. The van der Waals surface area contributed by atoms with Crippen molar-refractivity contribution in [1.29, 1.82) is 0 Å². The first kappa shape index (κ1) is 17.8. The van der Waals surface area contributed by atoms with E-state index in [1.807, 2.05) is 0 Å². The molecule has 0 radical (unpaired) electrons. The molecule has 0 bridgehead atoms. The average molecular weight is 378 g/mol. The predicted octanol–water partition coefficient (Wildman–Crippen LogP) is 2.59. The van der Waals surface area contributed by atoms with E-state index in [9.17, 15) is 17.6 Å². The summed E-state index contributed by atoms with van der Waals surface area (Å²) in [6.45, 7) is 1.73. The van der Waals surface area contributed by atoms with E-state index in [4.69, 9.17) is 4.74 Å². The van der Waals surface area contributed by atoms with Crippen molar-refractivity contribution in [3.8, 4) is 0 Å². The molecule has 0 spiro atoms. The van der Waals surface area contributed by atoms with E-state index in [1.165, 1.54) is 18.2 Å². The van der Waals surface area contributed by atoms with Crippen molar-refractivity contribution in [3.63, 3.8) is 0 Å². The van der Waals surface area contributed by atoms with Crippen molar-refractivity contribution < 1.29 is 22.3 Å². The van der Waals surface area contributed by atoms with Gasteiger partial charge in [-0.15, -0.1) is 9.24 Å². The number of rotatable bonds is 3. The minimum absolute atomic E-state index is 0.190. The number of cyclic esters (lactones) is 1. The van der Waals surface area contributed by atoms with Crippen molar-refractivity contribution in [2.45, 2.75) is 17.9 Å². The topological polar surface area (TPSA) is 60.4 Å². The monoisotopic (exact) mass is 378 g/mol. The standard InChI is InChI=1S/C18H16FO4PS/c1-10-16(11-3-6-13(7-4-11)25(2,21)22)17(18(20)23-10)12-5-8-15(24)14(19)9-12/h3-10H,24H2,1-2H3. The van der Waals surface area contributed by atoms with Crippen LogP contribution >= 0.6 is 9.24 Å². The number of hydrogen-bond donors (Lipinski definition) is 0. The lowest BCUT2D eigenvalue weighted by atomic mass is 9.93. The summed E-state index contributed by atoms with van der Waals surface area (Å²) >= 11 is 0. The normalized spacial score (nSPS) is 17.8. The lowest BCUT2D eigenvalue weighted by molar-refractivity contribution is -0.136.